The van der Waals surface area contributed by atoms with Gasteiger partial charge in [0.2, 0.25) is 0 Å². The Morgan fingerprint density at radius 1 is 1.20 bits per heavy atom. The minimum absolute atomic E-state index is 0.776. The molecule has 0 spiro atoms. The SMILES string of the molecule is CC1=C/C(=C/C=C\N(C)C)CC(c2cccc(CSc3ncnc4[nH]ncc34)c2)=C1. The van der Waals surface area contributed by atoms with Gasteiger partial charge in [0.15, 0.2) is 5.65 Å². The molecule has 3 aromatic rings. The van der Waals surface area contributed by atoms with E-state index in [2.05, 4.69) is 81.9 Å². The van der Waals surface area contributed by atoms with Gasteiger partial charge in [-0.25, -0.2) is 9.97 Å². The number of thioether (sulfide) groups is 1. The summed E-state index contributed by atoms with van der Waals surface area (Å²) in [6.45, 7) is 2.16. The summed E-state index contributed by atoms with van der Waals surface area (Å²) in [6, 6.07) is 8.80. The molecule has 1 aromatic carbocycles. The van der Waals surface area contributed by atoms with Crippen molar-refractivity contribution in [3.63, 3.8) is 0 Å². The molecule has 0 radical (unpaired) electrons. The molecule has 0 saturated heterocycles. The highest BCUT2D eigenvalue weighted by atomic mass is 32.2. The second-order valence-corrected chi connectivity index (χ2v) is 8.55. The van der Waals surface area contributed by atoms with E-state index >= 15 is 0 Å². The van der Waals surface area contributed by atoms with Gasteiger partial charge < -0.3 is 4.90 Å². The van der Waals surface area contributed by atoms with Gasteiger partial charge in [0.25, 0.3) is 0 Å². The maximum atomic E-state index is 4.42. The van der Waals surface area contributed by atoms with Gasteiger partial charge in [0.1, 0.15) is 11.4 Å². The second-order valence-electron chi connectivity index (χ2n) is 7.58. The minimum Gasteiger partial charge on any atom is -0.383 e. The number of rotatable bonds is 6. The van der Waals surface area contributed by atoms with Gasteiger partial charge in [-0.2, -0.15) is 5.10 Å². The van der Waals surface area contributed by atoms with E-state index in [9.17, 15) is 0 Å². The number of H-pyrrole nitrogens is 1. The van der Waals surface area contributed by atoms with Crippen LogP contribution in [0.2, 0.25) is 0 Å². The predicted molar refractivity (Wildman–Crippen MR) is 125 cm³/mol. The van der Waals surface area contributed by atoms with Crippen molar-refractivity contribution < 1.29 is 0 Å². The van der Waals surface area contributed by atoms with Crippen molar-refractivity contribution in [2.45, 2.75) is 24.1 Å². The van der Waals surface area contributed by atoms with E-state index < -0.39 is 0 Å². The highest BCUT2D eigenvalue weighted by Gasteiger charge is 2.11. The molecule has 4 rings (SSSR count). The van der Waals surface area contributed by atoms with Crippen LogP contribution in [0.25, 0.3) is 16.6 Å². The molecule has 6 heteroatoms. The van der Waals surface area contributed by atoms with Crippen LogP contribution in [0, 0.1) is 0 Å². The van der Waals surface area contributed by atoms with Gasteiger partial charge >= 0.3 is 0 Å². The van der Waals surface area contributed by atoms with Crippen LogP contribution in [-0.2, 0) is 5.75 Å². The number of aromatic nitrogens is 4. The van der Waals surface area contributed by atoms with E-state index in [1.807, 2.05) is 19.0 Å². The second kappa shape index (κ2) is 9.13. The van der Waals surface area contributed by atoms with Crippen molar-refractivity contribution >= 4 is 28.4 Å². The maximum absolute atomic E-state index is 4.42. The third-order valence-electron chi connectivity index (χ3n) is 4.79. The zero-order chi connectivity index (χ0) is 20.9. The molecule has 5 nitrogen and oxygen atoms in total. The summed E-state index contributed by atoms with van der Waals surface area (Å²) in [7, 11) is 4.07. The first kappa shape index (κ1) is 20.2. The molecule has 1 N–H and O–H groups in total. The Balaban J connectivity index is 1.50. The molecule has 0 atom stereocenters. The Labute approximate surface area is 181 Å². The molecule has 0 saturated carbocycles. The Hall–Kier alpha value is -3.12. The summed E-state index contributed by atoms with van der Waals surface area (Å²) >= 11 is 1.71. The Morgan fingerprint density at radius 3 is 2.97 bits per heavy atom. The molecular weight excluding hydrogens is 390 g/mol. The van der Waals surface area contributed by atoms with Crippen LogP contribution in [0.3, 0.4) is 0 Å². The zero-order valence-electron chi connectivity index (χ0n) is 17.5. The van der Waals surface area contributed by atoms with E-state index in [1.54, 1.807) is 24.3 Å². The average Bonchev–Trinajstić information content (AvgIpc) is 3.21. The number of aromatic amines is 1. The van der Waals surface area contributed by atoms with Crippen molar-refractivity contribution in [3.05, 3.63) is 89.6 Å². The monoisotopic (exact) mass is 415 g/mol. The smallest absolute Gasteiger partial charge is 0.159 e. The van der Waals surface area contributed by atoms with Crippen LogP contribution in [-0.4, -0.2) is 39.2 Å². The van der Waals surface area contributed by atoms with E-state index in [4.69, 9.17) is 0 Å². The van der Waals surface area contributed by atoms with Crippen LogP contribution >= 0.6 is 11.8 Å². The van der Waals surface area contributed by atoms with Crippen molar-refractivity contribution in [3.8, 4) is 0 Å². The van der Waals surface area contributed by atoms with Crippen molar-refractivity contribution in [1.82, 2.24) is 25.1 Å². The highest BCUT2D eigenvalue weighted by molar-refractivity contribution is 7.98. The van der Waals surface area contributed by atoms with E-state index in [0.29, 0.717) is 0 Å². The summed E-state index contributed by atoms with van der Waals surface area (Å²) < 4.78 is 0. The van der Waals surface area contributed by atoms with Gasteiger partial charge in [-0.05, 0) is 47.9 Å². The van der Waals surface area contributed by atoms with Crippen molar-refractivity contribution in [1.29, 1.82) is 0 Å². The highest BCUT2D eigenvalue weighted by Crippen LogP contribution is 2.32. The number of nitrogens with zero attached hydrogens (tertiary/aromatic N) is 4. The number of hydrogen-bond donors (Lipinski definition) is 1. The fourth-order valence-electron chi connectivity index (χ4n) is 3.43. The lowest BCUT2D eigenvalue weighted by Crippen LogP contribution is -1.99. The lowest BCUT2D eigenvalue weighted by molar-refractivity contribution is 0.564. The van der Waals surface area contributed by atoms with E-state index in [1.165, 1.54) is 27.8 Å². The molecule has 2 heterocycles. The average molecular weight is 416 g/mol. The summed E-state index contributed by atoms with van der Waals surface area (Å²) in [6.07, 6.45) is 15.2. The topological polar surface area (TPSA) is 57.7 Å². The first-order valence-corrected chi connectivity index (χ1v) is 10.9. The number of benzene rings is 1. The molecule has 0 amide bonds. The predicted octanol–water partition coefficient (Wildman–Crippen LogP) is 5.38. The summed E-state index contributed by atoms with van der Waals surface area (Å²) in [5, 5.41) is 8.89. The number of hydrogen-bond acceptors (Lipinski definition) is 5. The maximum Gasteiger partial charge on any atom is 0.159 e. The first-order chi connectivity index (χ1) is 14.6. The molecule has 1 aliphatic carbocycles. The van der Waals surface area contributed by atoms with Crippen molar-refractivity contribution in [2.24, 2.45) is 0 Å². The Kier molecular flexibility index (Phi) is 6.14. The van der Waals surface area contributed by atoms with Crippen LogP contribution in [0.4, 0.5) is 0 Å². The molecule has 2 aromatic heterocycles. The fourth-order valence-corrected chi connectivity index (χ4v) is 4.34. The van der Waals surface area contributed by atoms with Gasteiger partial charge in [-0.15, -0.1) is 11.8 Å². The van der Waals surface area contributed by atoms with Crippen molar-refractivity contribution in [2.75, 3.05) is 14.1 Å². The summed E-state index contributed by atoms with van der Waals surface area (Å²) in [5.74, 6) is 0.849. The third-order valence-corrected chi connectivity index (χ3v) is 5.87. The standard InChI is InChI=1S/C24H25N5S/c1-17-10-18(7-5-9-29(2)3)12-21(11-17)20-8-4-6-19(13-20)15-30-24-22-14-27-28-23(22)25-16-26-24/h4-11,13-14,16H,12,15H2,1-3H3,(H,25,26,27,28)/b9-5-,18-7-. The van der Waals surface area contributed by atoms with Gasteiger partial charge in [-0.1, -0.05) is 48.1 Å². The fraction of sp³-hybridized carbons (Fsp3) is 0.208. The van der Waals surface area contributed by atoms with E-state index in [0.717, 1.165) is 28.2 Å². The van der Waals surface area contributed by atoms with Crippen LogP contribution in [0.15, 0.2) is 83.5 Å². The number of allylic oxidation sites excluding steroid dienone is 7. The molecule has 30 heavy (non-hydrogen) atoms. The summed E-state index contributed by atoms with van der Waals surface area (Å²) in [5.41, 5.74) is 7.29. The zero-order valence-corrected chi connectivity index (χ0v) is 18.3. The number of fused-ring (bicyclic) bond motifs is 1. The molecule has 0 bridgehead atoms. The lowest BCUT2D eigenvalue weighted by Gasteiger charge is -2.16. The quantitative estimate of drug-likeness (QED) is 0.433. The molecular formula is C24H25N5S. The lowest BCUT2D eigenvalue weighted by atomic mass is 9.90. The van der Waals surface area contributed by atoms with Gasteiger partial charge in [-0.3, -0.25) is 5.10 Å². The van der Waals surface area contributed by atoms with E-state index in [-0.39, 0.29) is 0 Å². The minimum atomic E-state index is 0.776. The largest absolute Gasteiger partial charge is 0.383 e. The Morgan fingerprint density at radius 2 is 2.10 bits per heavy atom. The van der Waals surface area contributed by atoms with Crippen LogP contribution < -0.4 is 0 Å². The molecule has 0 unspecified atom stereocenters. The number of nitrogens with one attached hydrogen (secondary N) is 1. The molecule has 0 fully saturated rings. The van der Waals surface area contributed by atoms with Gasteiger partial charge in [0.05, 0.1) is 11.6 Å². The molecule has 152 valence electrons. The first-order valence-electron chi connectivity index (χ1n) is 9.87. The Bertz CT molecular complexity index is 1170. The molecule has 1 aliphatic rings. The van der Waals surface area contributed by atoms with Crippen LogP contribution in [0.5, 0.6) is 0 Å². The normalized spacial score (nSPS) is 15.6. The van der Waals surface area contributed by atoms with Crippen LogP contribution in [0.1, 0.15) is 24.5 Å². The molecule has 0 aliphatic heterocycles. The summed E-state index contributed by atoms with van der Waals surface area (Å²) in [4.78, 5) is 10.7. The van der Waals surface area contributed by atoms with Gasteiger partial charge in [0, 0.05) is 19.8 Å². The third kappa shape index (κ3) is 4.89.